The summed E-state index contributed by atoms with van der Waals surface area (Å²) in [5.74, 6) is -0.374. The Hall–Kier alpha value is -3.00. The van der Waals surface area contributed by atoms with E-state index in [0.717, 1.165) is 0 Å². The Labute approximate surface area is 147 Å². The van der Waals surface area contributed by atoms with Crippen molar-refractivity contribution < 1.29 is 14.6 Å². The van der Waals surface area contributed by atoms with E-state index in [9.17, 15) is 25.0 Å². The highest BCUT2D eigenvalue weighted by atomic mass is 35.5. The first-order chi connectivity index (χ1) is 11.7. The minimum atomic E-state index is -0.540. The smallest absolute Gasteiger partial charge is 0.272 e. The molecule has 2 rings (SSSR count). The number of halogens is 1. The zero-order valence-electron chi connectivity index (χ0n) is 13.4. The molecule has 0 bridgehead atoms. The van der Waals surface area contributed by atoms with Crippen LogP contribution >= 0.6 is 11.6 Å². The van der Waals surface area contributed by atoms with Crippen molar-refractivity contribution in [3.63, 3.8) is 0 Å². The fraction of sp³-hybridized carbons (Fsp3) is 0.188. The van der Waals surface area contributed by atoms with Crippen molar-refractivity contribution in [3.05, 3.63) is 78.3 Å². The first-order valence-corrected chi connectivity index (χ1v) is 7.52. The molecule has 0 N–H and O–H groups in total. The van der Waals surface area contributed by atoms with Crippen LogP contribution in [0.2, 0.25) is 5.02 Å². The second kappa shape index (κ2) is 7.27. The molecule has 0 saturated carbocycles. The molecule has 130 valence electrons. The third-order valence-electron chi connectivity index (χ3n) is 3.63. The number of hydrogen-bond acceptors (Lipinski definition) is 5. The Morgan fingerprint density at radius 3 is 2.36 bits per heavy atom. The summed E-state index contributed by atoms with van der Waals surface area (Å²) in [5, 5.41) is 22.0. The van der Waals surface area contributed by atoms with Crippen LogP contribution in [0.5, 0.6) is 0 Å². The SMILES string of the molecule is Cc1cc(C(=O)N(C)Cc2cc([N+](=O)[O-])ccc2Cl)ccc1[N+](=O)[O-]. The molecular weight excluding hydrogens is 350 g/mol. The normalized spacial score (nSPS) is 10.4. The number of nitro benzene ring substituents is 2. The molecule has 0 fully saturated rings. The molecule has 0 aliphatic heterocycles. The number of hydrogen-bond donors (Lipinski definition) is 0. The zero-order valence-corrected chi connectivity index (χ0v) is 14.2. The van der Waals surface area contributed by atoms with Crippen molar-refractivity contribution in [1.29, 1.82) is 0 Å². The summed E-state index contributed by atoms with van der Waals surface area (Å²) in [6.07, 6.45) is 0. The van der Waals surface area contributed by atoms with Crippen molar-refractivity contribution in [2.45, 2.75) is 13.5 Å². The summed E-state index contributed by atoms with van der Waals surface area (Å²) in [7, 11) is 1.52. The van der Waals surface area contributed by atoms with Crippen molar-refractivity contribution in [3.8, 4) is 0 Å². The van der Waals surface area contributed by atoms with E-state index in [-0.39, 0.29) is 29.4 Å². The molecule has 0 unspecified atom stereocenters. The second-order valence-electron chi connectivity index (χ2n) is 5.45. The predicted molar refractivity (Wildman–Crippen MR) is 91.7 cm³/mol. The Kier molecular flexibility index (Phi) is 5.33. The molecule has 8 nitrogen and oxygen atoms in total. The van der Waals surface area contributed by atoms with Crippen LogP contribution in [-0.4, -0.2) is 27.7 Å². The van der Waals surface area contributed by atoms with Crippen molar-refractivity contribution in [1.82, 2.24) is 4.90 Å². The van der Waals surface area contributed by atoms with E-state index < -0.39 is 9.85 Å². The highest BCUT2D eigenvalue weighted by molar-refractivity contribution is 6.31. The van der Waals surface area contributed by atoms with Gasteiger partial charge in [0.15, 0.2) is 0 Å². The lowest BCUT2D eigenvalue weighted by Gasteiger charge is -2.18. The Bertz CT molecular complexity index is 869. The van der Waals surface area contributed by atoms with Gasteiger partial charge in [0, 0.05) is 47.9 Å². The third-order valence-corrected chi connectivity index (χ3v) is 4.00. The number of nitro groups is 2. The molecule has 25 heavy (non-hydrogen) atoms. The van der Waals surface area contributed by atoms with Gasteiger partial charge in [0.25, 0.3) is 17.3 Å². The Morgan fingerprint density at radius 1 is 1.12 bits per heavy atom. The fourth-order valence-corrected chi connectivity index (χ4v) is 2.51. The minimum Gasteiger partial charge on any atom is -0.337 e. The van der Waals surface area contributed by atoms with Crippen LogP contribution in [-0.2, 0) is 6.54 Å². The van der Waals surface area contributed by atoms with E-state index in [1.165, 1.54) is 48.3 Å². The number of aryl methyl sites for hydroxylation is 1. The van der Waals surface area contributed by atoms with E-state index in [4.69, 9.17) is 11.6 Å². The molecule has 0 aliphatic carbocycles. The Balaban J connectivity index is 2.24. The molecule has 0 spiro atoms. The molecule has 0 atom stereocenters. The lowest BCUT2D eigenvalue weighted by molar-refractivity contribution is -0.385. The number of nitrogens with zero attached hydrogens (tertiary/aromatic N) is 3. The summed E-state index contributed by atoms with van der Waals surface area (Å²) in [6.45, 7) is 1.61. The van der Waals surface area contributed by atoms with Crippen LogP contribution < -0.4 is 0 Å². The molecule has 0 aliphatic rings. The van der Waals surface area contributed by atoms with Gasteiger partial charge >= 0.3 is 0 Å². The monoisotopic (exact) mass is 363 g/mol. The first kappa shape index (κ1) is 18.3. The van der Waals surface area contributed by atoms with Crippen LogP contribution in [0, 0.1) is 27.2 Å². The molecule has 2 aromatic rings. The summed E-state index contributed by atoms with van der Waals surface area (Å²) in [6, 6.07) is 8.09. The van der Waals surface area contributed by atoms with Gasteiger partial charge < -0.3 is 4.90 Å². The van der Waals surface area contributed by atoms with E-state index in [1.54, 1.807) is 6.92 Å². The quantitative estimate of drug-likeness (QED) is 0.594. The molecule has 0 aromatic heterocycles. The van der Waals surface area contributed by atoms with Gasteiger partial charge in [-0.1, -0.05) is 11.6 Å². The van der Waals surface area contributed by atoms with Crippen molar-refractivity contribution >= 4 is 28.9 Å². The second-order valence-corrected chi connectivity index (χ2v) is 5.86. The minimum absolute atomic E-state index is 0.0649. The van der Waals surface area contributed by atoms with Crippen molar-refractivity contribution in [2.24, 2.45) is 0 Å². The van der Waals surface area contributed by atoms with Gasteiger partial charge in [-0.05, 0) is 30.7 Å². The van der Waals surface area contributed by atoms with Crippen LogP contribution in [0.3, 0.4) is 0 Å². The molecule has 0 radical (unpaired) electrons. The fourth-order valence-electron chi connectivity index (χ4n) is 2.34. The van der Waals surface area contributed by atoms with Crippen LogP contribution in [0.25, 0.3) is 0 Å². The summed E-state index contributed by atoms with van der Waals surface area (Å²) < 4.78 is 0. The van der Waals surface area contributed by atoms with Gasteiger partial charge in [0.1, 0.15) is 0 Å². The van der Waals surface area contributed by atoms with Crippen molar-refractivity contribution in [2.75, 3.05) is 7.05 Å². The Morgan fingerprint density at radius 2 is 1.80 bits per heavy atom. The van der Waals surface area contributed by atoms with Gasteiger partial charge in [-0.2, -0.15) is 0 Å². The summed E-state index contributed by atoms with van der Waals surface area (Å²) in [4.78, 5) is 34.5. The molecule has 0 heterocycles. The van der Waals surface area contributed by atoms with Gasteiger partial charge in [0.05, 0.1) is 9.85 Å². The summed E-state index contributed by atoms with van der Waals surface area (Å²) >= 11 is 6.04. The van der Waals surface area contributed by atoms with Crippen LogP contribution in [0.1, 0.15) is 21.5 Å². The van der Waals surface area contributed by atoms with Gasteiger partial charge in [-0.25, -0.2) is 0 Å². The highest BCUT2D eigenvalue weighted by Crippen LogP contribution is 2.24. The van der Waals surface area contributed by atoms with Crippen LogP contribution in [0.4, 0.5) is 11.4 Å². The zero-order chi connectivity index (χ0) is 18.7. The van der Waals surface area contributed by atoms with E-state index >= 15 is 0 Å². The van der Waals surface area contributed by atoms with Gasteiger partial charge in [-0.3, -0.25) is 25.0 Å². The number of carbonyl (C=O) groups excluding carboxylic acids is 1. The largest absolute Gasteiger partial charge is 0.337 e. The molecular formula is C16H14ClN3O5. The lowest BCUT2D eigenvalue weighted by atomic mass is 10.1. The third kappa shape index (κ3) is 4.10. The average Bonchev–Trinajstić information content (AvgIpc) is 2.55. The van der Waals surface area contributed by atoms with Crippen LogP contribution in [0.15, 0.2) is 36.4 Å². The number of rotatable bonds is 5. The number of non-ortho nitro benzene ring substituents is 1. The highest BCUT2D eigenvalue weighted by Gasteiger charge is 2.18. The standard InChI is InChI=1S/C16H14ClN3O5/c1-10-7-11(3-6-15(10)20(24)25)16(21)18(2)9-12-8-13(19(22)23)4-5-14(12)17/h3-8H,9H2,1-2H3. The van der Waals surface area contributed by atoms with Gasteiger partial charge in [0.2, 0.25) is 0 Å². The lowest BCUT2D eigenvalue weighted by Crippen LogP contribution is -2.26. The maximum atomic E-state index is 12.5. The first-order valence-electron chi connectivity index (χ1n) is 7.14. The summed E-state index contributed by atoms with van der Waals surface area (Å²) in [5.41, 5.74) is 0.905. The molecule has 2 aromatic carbocycles. The predicted octanol–water partition coefficient (Wildman–Crippen LogP) is 3.74. The topological polar surface area (TPSA) is 107 Å². The van der Waals surface area contributed by atoms with Gasteiger partial charge in [-0.15, -0.1) is 0 Å². The average molecular weight is 364 g/mol. The number of amides is 1. The van der Waals surface area contributed by atoms with E-state index in [2.05, 4.69) is 0 Å². The number of benzene rings is 2. The maximum absolute atomic E-state index is 12.5. The molecule has 9 heteroatoms. The number of carbonyl (C=O) groups is 1. The molecule has 1 amide bonds. The van der Waals surface area contributed by atoms with E-state index in [1.807, 2.05) is 0 Å². The molecule has 0 saturated heterocycles. The van der Waals surface area contributed by atoms with E-state index in [0.29, 0.717) is 16.1 Å². The maximum Gasteiger partial charge on any atom is 0.272 e.